The van der Waals surface area contributed by atoms with Gasteiger partial charge in [0.2, 0.25) is 5.91 Å². The van der Waals surface area contributed by atoms with E-state index in [4.69, 9.17) is 4.74 Å². The van der Waals surface area contributed by atoms with Crippen LogP contribution in [0.25, 0.3) is 0 Å². The number of benzene rings is 1. The molecule has 128 valence electrons. The first-order valence-electron chi connectivity index (χ1n) is 8.18. The molecule has 23 heavy (non-hydrogen) atoms. The van der Waals surface area contributed by atoms with Gasteiger partial charge in [-0.05, 0) is 42.0 Å². The summed E-state index contributed by atoms with van der Waals surface area (Å²) in [6.45, 7) is 4.98. The molecule has 1 N–H and O–H groups in total. The fraction of sp³-hybridized carbons (Fsp3) is 0.611. The van der Waals surface area contributed by atoms with Gasteiger partial charge in [0.1, 0.15) is 0 Å². The van der Waals surface area contributed by atoms with Gasteiger partial charge in [-0.1, -0.05) is 26.0 Å². The Morgan fingerprint density at radius 2 is 1.96 bits per heavy atom. The highest BCUT2D eigenvalue weighted by atomic mass is 32.2. The molecule has 1 heterocycles. The van der Waals surface area contributed by atoms with E-state index in [-0.39, 0.29) is 11.5 Å². The fourth-order valence-corrected chi connectivity index (χ4v) is 4.74. The van der Waals surface area contributed by atoms with Gasteiger partial charge in [-0.3, -0.25) is 4.79 Å². The van der Waals surface area contributed by atoms with Crippen LogP contribution in [0, 0.1) is 0 Å². The first-order valence-corrected chi connectivity index (χ1v) is 10.2. The average Bonchev–Trinajstić information content (AvgIpc) is 2.55. The molecular formula is C18H27NO2S2. The van der Waals surface area contributed by atoms with Gasteiger partial charge in [-0.15, -0.1) is 11.8 Å². The molecule has 1 fully saturated rings. The molecule has 0 aliphatic carbocycles. The third-order valence-electron chi connectivity index (χ3n) is 4.10. The van der Waals surface area contributed by atoms with Gasteiger partial charge in [0.15, 0.2) is 0 Å². The molecule has 3 nitrogen and oxygen atoms in total. The van der Waals surface area contributed by atoms with Gasteiger partial charge in [0.25, 0.3) is 0 Å². The summed E-state index contributed by atoms with van der Waals surface area (Å²) in [5.74, 6) is 2.29. The largest absolute Gasteiger partial charge is 0.376 e. The highest BCUT2D eigenvalue weighted by Crippen LogP contribution is 2.29. The van der Waals surface area contributed by atoms with Gasteiger partial charge in [0, 0.05) is 23.8 Å². The standard InChI is InChI=1S/C18H27NO2S2/c1-14(2)23-16-6-4-15(5-7-16)12-17(20)19-13-18(21-3)8-10-22-11-9-18/h4-7,14H,8-13H2,1-3H3,(H,19,20). The Labute approximate surface area is 148 Å². The maximum Gasteiger partial charge on any atom is 0.224 e. The Morgan fingerprint density at radius 3 is 2.52 bits per heavy atom. The number of ether oxygens (including phenoxy) is 1. The van der Waals surface area contributed by atoms with E-state index < -0.39 is 0 Å². The monoisotopic (exact) mass is 353 g/mol. The molecule has 0 spiro atoms. The molecule has 1 aliphatic heterocycles. The molecule has 5 heteroatoms. The van der Waals surface area contributed by atoms with Crippen LogP contribution in [0.4, 0.5) is 0 Å². The van der Waals surface area contributed by atoms with Gasteiger partial charge in [-0.25, -0.2) is 0 Å². The number of hydrogen-bond acceptors (Lipinski definition) is 4. The van der Waals surface area contributed by atoms with Crippen LogP contribution >= 0.6 is 23.5 Å². The van der Waals surface area contributed by atoms with E-state index in [1.54, 1.807) is 7.11 Å². The van der Waals surface area contributed by atoms with Gasteiger partial charge < -0.3 is 10.1 Å². The summed E-state index contributed by atoms with van der Waals surface area (Å²) in [4.78, 5) is 13.5. The molecule has 0 aromatic heterocycles. The number of carbonyl (C=O) groups is 1. The Kier molecular flexibility index (Phi) is 7.31. The fourth-order valence-electron chi connectivity index (χ4n) is 2.66. The second-order valence-corrected chi connectivity index (χ2v) is 9.14. The normalized spacial score (nSPS) is 17.2. The predicted molar refractivity (Wildman–Crippen MR) is 100 cm³/mol. The van der Waals surface area contributed by atoms with Crippen molar-refractivity contribution in [2.45, 2.75) is 48.9 Å². The molecule has 1 aliphatic rings. The number of methoxy groups -OCH3 is 1. The number of nitrogens with one attached hydrogen (secondary N) is 1. The minimum atomic E-state index is -0.168. The minimum Gasteiger partial charge on any atom is -0.376 e. The molecular weight excluding hydrogens is 326 g/mol. The summed E-state index contributed by atoms with van der Waals surface area (Å²) in [5, 5.41) is 3.63. The van der Waals surface area contributed by atoms with Crippen LogP contribution in [0.15, 0.2) is 29.2 Å². The summed E-state index contributed by atoms with van der Waals surface area (Å²) >= 11 is 3.80. The second kappa shape index (κ2) is 9.00. The van der Waals surface area contributed by atoms with Crippen molar-refractivity contribution < 1.29 is 9.53 Å². The number of hydrogen-bond donors (Lipinski definition) is 1. The first kappa shape index (κ1) is 18.7. The van der Waals surface area contributed by atoms with Crippen molar-refractivity contribution in [3.05, 3.63) is 29.8 Å². The van der Waals surface area contributed by atoms with Crippen LogP contribution in [0.5, 0.6) is 0 Å². The van der Waals surface area contributed by atoms with Crippen LogP contribution in [0.1, 0.15) is 32.3 Å². The average molecular weight is 354 g/mol. The molecule has 0 bridgehead atoms. The number of thioether (sulfide) groups is 2. The van der Waals surface area contributed by atoms with Crippen molar-refractivity contribution >= 4 is 29.4 Å². The van der Waals surface area contributed by atoms with E-state index in [1.807, 2.05) is 35.7 Å². The Morgan fingerprint density at radius 1 is 1.30 bits per heavy atom. The Balaban J connectivity index is 1.82. The third-order valence-corrected chi connectivity index (χ3v) is 6.11. The van der Waals surface area contributed by atoms with E-state index in [1.165, 1.54) is 4.90 Å². The molecule has 0 unspecified atom stereocenters. The lowest BCUT2D eigenvalue weighted by molar-refractivity contribution is -0.122. The van der Waals surface area contributed by atoms with Crippen molar-refractivity contribution in [3.63, 3.8) is 0 Å². The summed E-state index contributed by atoms with van der Waals surface area (Å²) in [5.41, 5.74) is 0.889. The van der Waals surface area contributed by atoms with Crippen molar-refractivity contribution in [2.24, 2.45) is 0 Å². The Bertz CT molecular complexity index is 496. The topological polar surface area (TPSA) is 38.3 Å². The molecule has 2 rings (SSSR count). The van der Waals surface area contributed by atoms with Crippen molar-refractivity contribution in [3.8, 4) is 0 Å². The second-order valence-electron chi connectivity index (χ2n) is 6.26. The zero-order valence-corrected chi connectivity index (χ0v) is 15.9. The van der Waals surface area contributed by atoms with Gasteiger partial charge in [-0.2, -0.15) is 11.8 Å². The SMILES string of the molecule is COC1(CNC(=O)Cc2ccc(SC(C)C)cc2)CCSCC1. The minimum absolute atomic E-state index is 0.0731. The quantitative estimate of drug-likeness (QED) is 0.758. The number of carbonyl (C=O) groups excluding carboxylic acids is 1. The molecule has 1 aromatic rings. The highest BCUT2D eigenvalue weighted by Gasteiger charge is 2.32. The lowest BCUT2D eigenvalue weighted by Gasteiger charge is -2.35. The molecule has 0 atom stereocenters. The van der Waals surface area contributed by atoms with Gasteiger partial charge in [0.05, 0.1) is 12.0 Å². The third kappa shape index (κ3) is 6.05. The van der Waals surface area contributed by atoms with Crippen molar-refractivity contribution in [1.82, 2.24) is 5.32 Å². The first-order chi connectivity index (χ1) is 11.0. The highest BCUT2D eigenvalue weighted by molar-refractivity contribution is 8.00. The molecule has 1 saturated heterocycles. The van der Waals surface area contributed by atoms with Crippen LogP contribution < -0.4 is 5.32 Å². The van der Waals surface area contributed by atoms with Crippen LogP contribution in [0.3, 0.4) is 0 Å². The smallest absolute Gasteiger partial charge is 0.224 e. The zero-order chi connectivity index (χ0) is 16.7. The Hall–Kier alpha value is -0.650. The van der Waals surface area contributed by atoms with E-state index in [0.717, 1.165) is 29.9 Å². The number of amides is 1. The van der Waals surface area contributed by atoms with Crippen molar-refractivity contribution in [2.75, 3.05) is 25.2 Å². The van der Waals surface area contributed by atoms with E-state index in [2.05, 4.69) is 31.3 Å². The maximum absolute atomic E-state index is 12.2. The molecule has 1 amide bonds. The molecule has 1 aromatic carbocycles. The zero-order valence-electron chi connectivity index (χ0n) is 14.3. The van der Waals surface area contributed by atoms with Gasteiger partial charge >= 0.3 is 0 Å². The van der Waals surface area contributed by atoms with Crippen LogP contribution in [0.2, 0.25) is 0 Å². The van der Waals surface area contributed by atoms with Crippen LogP contribution in [-0.2, 0) is 16.0 Å². The lowest BCUT2D eigenvalue weighted by atomic mass is 9.96. The van der Waals surface area contributed by atoms with E-state index >= 15 is 0 Å². The predicted octanol–water partition coefficient (Wildman–Crippen LogP) is 3.76. The van der Waals surface area contributed by atoms with Crippen molar-refractivity contribution in [1.29, 1.82) is 0 Å². The summed E-state index contributed by atoms with van der Waals surface area (Å²) in [6.07, 6.45) is 2.45. The molecule has 0 radical (unpaired) electrons. The number of rotatable bonds is 7. The summed E-state index contributed by atoms with van der Waals surface area (Å²) in [7, 11) is 1.76. The van der Waals surface area contributed by atoms with Crippen LogP contribution in [-0.4, -0.2) is 41.9 Å². The molecule has 0 saturated carbocycles. The van der Waals surface area contributed by atoms with E-state index in [0.29, 0.717) is 18.2 Å². The summed E-state index contributed by atoms with van der Waals surface area (Å²) in [6, 6.07) is 8.30. The lowest BCUT2D eigenvalue weighted by Crippen LogP contribution is -2.47. The summed E-state index contributed by atoms with van der Waals surface area (Å²) < 4.78 is 5.70. The maximum atomic E-state index is 12.2. The van der Waals surface area contributed by atoms with E-state index in [9.17, 15) is 4.79 Å².